The Morgan fingerprint density at radius 2 is 1.67 bits per heavy atom. The van der Waals surface area contributed by atoms with Crippen LogP contribution in [-0.2, 0) is 23.8 Å². The van der Waals surface area contributed by atoms with Crippen molar-refractivity contribution in [1.29, 1.82) is 0 Å². The molecule has 1 aliphatic rings. The van der Waals surface area contributed by atoms with Gasteiger partial charge in [0.15, 0.2) is 0 Å². The number of methoxy groups -OCH3 is 1. The number of thioether (sulfide) groups is 1. The van der Waals surface area contributed by atoms with Crippen molar-refractivity contribution in [2.24, 2.45) is 5.92 Å². The van der Waals surface area contributed by atoms with Gasteiger partial charge in [0.1, 0.15) is 5.25 Å². The number of thiazole rings is 1. The molecule has 0 aliphatic carbocycles. The van der Waals surface area contributed by atoms with Crippen LogP contribution in [0.5, 0.6) is 0 Å². The standard InChI is InChI=1S/C20H21NO7S2/c1-4-27-18(23)13-12(10-6-8-11(9-7-10)17(22)26-3)14-16(21-20(25)30-14)29-15(13)19(24)28-5-2/h6-9,12-13,15H,4-5H2,1-3H3,(H,21,25)/t12-,13-,15+/m0/s1. The minimum atomic E-state index is -0.892. The Morgan fingerprint density at radius 3 is 2.27 bits per heavy atom. The minimum Gasteiger partial charge on any atom is -0.466 e. The van der Waals surface area contributed by atoms with E-state index in [1.54, 1.807) is 38.1 Å². The fourth-order valence-corrected chi connectivity index (χ4v) is 5.84. The largest absolute Gasteiger partial charge is 0.466 e. The van der Waals surface area contributed by atoms with Gasteiger partial charge in [-0.1, -0.05) is 35.2 Å². The topological polar surface area (TPSA) is 112 Å². The number of H-pyrrole nitrogens is 1. The fourth-order valence-electron chi connectivity index (χ4n) is 3.38. The van der Waals surface area contributed by atoms with Gasteiger partial charge in [-0.15, -0.1) is 0 Å². The number of nitrogens with one attached hydrogen (secondary N) is 1. The zero-order chi connectivity index (χ0) is 21.8. The zero-order valence-electron chi connectivity index (χ0n) is 16.6. The van der Waals surface area contributed by atoms with E-state index >= 15 is 0 Å². The first-order chi connectivity index (χ1) is 14.4. The average Bonchev–Trinajstić information content (AvgIpc) is 3.12. The monoisotopic (exact) mass is 451 g/mol. The summed E-state index contributed by atoms with van der Waals surface area (Å²) in [4.78, 5) is 52.6. The molecule has 0 fully saturated rings. The Balaban J connectivity index is 2.13. The maximum Gasteiger partial charge on any atom is 0.337 e. The number of carbonyl (C=O) groups is 3. The number of hydrogen-bond donors (Lipinski definition) is 1. The molecule has 160 valence electrons. The molecule has 2 heterocycles. The van der Waals surface area contributed by atoms with Crippen molar-refractivity contribution in [3.8, 4) is 0 Å². The summed E-state index contributed by atoms with van der Waals surface area (Å²) in [5.74, 6) is -3.08. The third-order valence-corrected chi connectivity index (χ3v) is 7.02. The summed E-state index contributed by atoms with van der Waals surface area (Å²) < 4.78 is 15.2. The van der Waals surface area contributed by atoms with Crippen LogP contribution in [0, 0.1) is 5.92 Å². The molecule has 0 radical (unpaired) electrons. The highest BCUT2D eigenvalue weighted by atomic mass is 32.2. The second-order valence-electron chi connectivity index (χ2n) is 6.37. The van der Waals surface area contributed by atoms with Crippen LogP contribution < -0.4 is 4.87 Å². The molecule has 8 nitrogen and oxygen atoms in total. The molecule has 0 saturated heterocycles. The number of esters is 3. The lowest BCUT2D eigenvalue weighted by Crippen LogP contribution is -2.41. The molecule has 0 unspecified atom stereocenters. The van der Waals surface area contributed by atoms with Crippen molar-refractivity contribution in [2.45, 2.75) is 30.0 Å². The second-order valence-corrected chi connectivity index (χ2v) is 8.53. The number of aromatic nitrogens is 1. The number of rotatable bonds is 6. The smallest absolute Gasteiger partial charge is 0.337 e. The number of hydrogen-bond acceptors (Lipinski definition) is 9. The lowest BCUT2D eigenvalue weighted by Gasteiger charge is -2.34. The van der Waals surface area contributed by atoms with Crippen LogP contribution >= 0.6 is 23.1 Å². The van der Waals surface area contributed by atoms with E-state index in [2.05, 4.69) is 4.98 Å². The Kier molecular flexibility index (Phi) is 6.99. The molecular formula is C20H21NO7S2. The molecule has 0 spiro atoms. The zero-order valence-corrected chi connectivity index (χ0v) is 18.3. The first kappa shape index (κ1) is 22.1. The van der Waals surface area contributed by atoms with Gasteiger partial charge in [-0.25, -0.2) is 4.79 Å². The van der Waals surface area contributed by atoms with E-state index in [0.717, 1.165) is 23.1 Å². The first-order valence-electron chi connectivity index (χ1n) is 9.32. The van der Waals surface area contributed by atoms with Crippen molar-refractivity contribution in [2.75, 3.05) is 20.3 Å². The van der Waals surface area contributed by atoms with Gasteiger partial charge < -0.3 is 19.2 Å². The number of fused-ring (bicyclic) bond motifs is 1. The summed E-state index contributed by atoms with van der Waals surface area (Å²) in [7, 11) is 1.29. The molecule has 3 atom stereocenters. The van der Waals surface area contributed by atoms with E-state index in [9.17, 15) is 19.2 Å². The average molecular weight is 452 g/mol. The van der Waals surface area contributed by atoms with Gasteiger partial charge >= 0.3 is 22.8 Å². The van der Waals surface area contributed by atoms with Gasteiger partial charge in [0.2, 0.25) is 0 Å². The van der Waals surface area contributed by atoms with E-state index < -0.39 is 35.0 Å². The van der Waals surface area contributed by atoms with Crippen LogP contribution in [0.2, 0.25) is 0 Å². The molecule has 1 aromatic carbocycles. The van der Waals surface area contributed by atoms with E-state index in [-0.39, 0.29) is 18.1 Å². The quantitative estimate of drug-likeness (QED) is 0.527. The summed E-state index contributed by atoms with van der Waals surface area (Å²) in [6.07, 6.45) is 0. The van der Waals surface area contributed by atoms with Gasteiger partial charge in [0.05, 0.1) is 36.8 Å². The minimum absolute atomic E-state index is 0.153. The summed E-state index contributed by atoms with van der Waals surface area (Å²) in [6.45, 7) is 3.69. The maximum atomic E-state index is 12.9. The molecule has 0 bridgehead atoms. The fraction of sp³-hybridized carbons (Fsp3) is 0.400. The van der Waals surface area contributed by atoms with Gasteiger partial charge in [-0.3, -0.25) is 14.4 Å². The molecule has 30 heavy (non-hydrogen) atoms. The number of aromatic amines is 1. The Morgan fingerprint density at radius 1 is 1.03 bits per heavy atom. The van der Waals surface area contributed by atoms with Crippen molar-refractivity contribution < 1.29 is 28.6 Å². The van der Waals surface area contributed by atoms with Crippen LogP contribution in [0.25, 0.3) is 0 Å². The third-order valence-electron chi connectivity index (χ3n) is 4.62. The van der Waals surface area contributed by atoms with Gasteiger partial charge in [-0.2, -0.15) is 0 Å². The first-order valence-corrected chi connectivity index (χ1v) is 11.0. The highest BCUT2D eigenvalue weighted by Crippen LogP contribution is 2.49. The number of ether oxygens (including phenoxy) is 3. The Bertz CT molecular complexity index is 995. The molecule has 0 saturated carbocycles. The molecule has 1 N–H and O–H groups in total. The molecular weight excluding hydrogens is 430 g/mol. The van der Waals surface area contributed by atoms with Gasteiger partial charge in [0, 0.05) is 10.8 Å². The van der Waals surface area contributed by atoms with Crippen molar-refractivity contribution in [1.82, 2.24) is 4.98 Å². The molecule has 10 heteroatoms. The SMILES string of the molecule is CCOC(=O)[C@H]1[C@H](c2ccc(C(=O)OC)cc2)c2sc(=O)[nH]c2S[C@H]1C(=O)OCC. The summed E-state index contributed by atoms with van der Waals surface area (Å²) in [5, 5.41) is -0.349. The molecule has 1 aromatic heterocycles. The summed E-state index contributed by atoms with van der Waals surface area (Å²) in [5.41, 5.74) is 1.02. The van der Waals surface area contributed by atoms with E-state index in [1.807, 2.05) is 0 Å². The Labute approximate surface area is 180 Å². The highest BCUT2D eigenvalue weighted by molar-refractivity contribution is 8.00. The van der Waals surface area contributed by atoms with Gasteiger partial charge in [0.25, 0.3) is 0 Å². The van der Waals surface area contributed by atoms with Gasteiger partial charge in [-0.05, 0) is 31.5 Å². The van der Waals surface area contributed by atoms with Crippen LogP contribution in [0.3, 0.4) is 0 Å². The van der Waals surface area contributed by atoms with Crippen LogP contribution in [0.1, 0.15) is 40.6 Å². The Hall–Kier alpha value is -2.59. The van der Waals surface area contributed by atoms with Crippen molar-refractivity contribution in [3.05, 3.63) is 49.9 Å². The van der Waals surface area contributed by atoms with Crippen LogP contribution in [0.15, 0.2) is 34.1 Å². The molecule has 1 aliphatic heterocycles. The number of benzene rings is 1. The molecule has 0 amide bonds. The van der Waals surface area contributed by atoms with Crippen LogP contribution in [0.4, 0.5) is 0 Å². The molecule has 2 aromatic rings. The highest BCUT2D eigenvalue weighted by Gasteiger charge is 2.49. The summed E-state index contributed by atoms with van der Waals surface area (Å²) >= 11 is 2.09. The summed E-state index contributed by atoms with van der Waals surface area (Å²) in [6, 6.07) is 6.55. The van der Waals surface area contributed by atoms with E-state index in [4.69, 9.17) is 14.2 Å². The lowest BCUT2D eigenvalue weighted by atomic mass is 9.82. The van der Waals surface area contributed by atoms with Crippen molar-refractivity contribution >= 4 is 41.0 Å². The maximum absolute atomic E-state index is 12.9. The number of carbonyl (C=O) groups excluding carboxylic acids is 3. The second kappa shape index (κ2) is 9.48. The predicted molar refractivity (Wildman–Crippen MR) is 111 cm³/mol. The van der Waals surface area contributed by atoms with E-state index in [0.29, 0.717) is 21.0 Å². The van der Waals surface area contributed by atoms with Crippen molar-refractivity contribution in [3.63, 3.8) is 0 Å². The normalized spacial score (nSPS) is 20.2. The lowest BCUT2D eigenvalue weighted by molar-refractivity contribution is -0.154. The third kappa shape index (κ3) is 4.29. The van der Waals surface area contributed by atoms with Crippen LogP contribution in [-0.4, -0.2) is 48.5 Å². The van der Waals surface area contributed by atoms with E-state index in [1.165, 1.54) is 7.11 Å². The predicted octanol–water partition coefficient (Wildman–Crippen LogP) is 2.57. The molecule has 3 rings (SSSR count).